The summed E-state index contributed by atoms with van der Waals surface area (Å²) in [5, 5.41) is 4.05. The van der Waals surface area contributed by atoms with Gasteiger partial charge in [0.1, 0.15) is 5.82 Å². The van der Waals surface area contributed by atoms with E-state index in [1.807, 2.05) is 12.1 Å². The van der Waals surface area contributed by atoms with Crippen molar-refractivity contribution in [2.45, 2.75) is 13.0 Å². The van der Waals surface area contributed by atoms with Gasteiger partial charge in [0, 0.05) is 28.8 Å². The molecule has 4 rings (SSSR count). The fourth-order valence-corrected chi connectivity index (χ4v) is 3.10. The molecule has 2 N–H and O–H groups in total. The van der Waals surface area contributed by atoms with Crippen LogP contribution in [-0.2, 0) is 13.0 Å². The van der Waals surface area contributed by atoms with Gasteiger partial charge in [0.25, 0.3) is 0 Å². The number of aromatic amines is 1. The van der Waals surface area contributed by atoms with Crippen LogP contribution >= 0.6 is 0 Å². The van der Waals surface area contributed by atoms with E-state index < -0.39 is 0 Å². The molecule has 0 fully saturated rings. The Balaban J connectivity index is 1.53. The van der Waals surface area contributed by atoms with Crippen molar-refractivity contribution in [3.63, 3.8) is 0 Å². The monoisotopic (exact) mass is 309 g/mol. The first kappa shape index (κ1) is 13.8. The molecule has 0 bridgehead atoms. The fraction of sp³-hybridized carbons (Fsp3) is 0.167. The Morgan fingerprint density at radius 3 is 2.74 bits per heavy atom. The van der Waals surface area contributed by atoms with Crippen LogP contribution in [0, 0.1) is 5.82 Å². The van der Waals surface area contributed by atoms with E-state index in [1.165, 1.54) is 23.1 Å². The number of urea groups is 1. The Bertz CT molecular complexity index is 870. The first-order chi connectivity index (χ1) is 11.2. The molecule has 0 unspecified atom stereocenters. The third-order valence-corrected chi connectivity index (χ3v) is 4.27. The summed E-state index contributed by atoms with van der Waals surface area (Å²) >= 11 is 0. The molecule has 4 nitrogen and oxygen atoms in total. The lowest BCUT2D eigenvalue weighted by molar-refractivity contribution is 0.206. The predicted octanol–water partition coefficient (Wildman–Crippen LogP) is 3.90. The van der Waals surface area contributed by atoms with Crippen LogP contribution in [0.1, 0.15) is 11.3 Å². The summed E-state index contributed by atoms with van der Waals surface area (Å²) in [6, 6.07) is 13.8. The number of anilines is 1. The zero-order valence-corrected chi connectivity index (χ0v) is 12.5. The molecule has 0 spiro atoms. The minimum Gasteiger partial charge on any atom is -0.357 e. The smallest absolute Gasteiger partial charge is 0.322 e. The number of H-pyrrole nitrogens is 1. The summed E-state index contributed by atoms with van der Waals surface area (Å²) in [5.74, 6) is -0.316. The van der Waals surface area contributed by atoms with Crippen LogP contribution in [0.2, 0.25) is 0 Å². The molecule has 1 aromatic heterocycles. The standard InChI is InChI=1S/C18H16FN3O/c19-12-5-7-13(8-6-12)20-18(23)22-10-9-15-14-3-1-2-4-16(14)21-17(15)11-22/h1-8,21H,9-11H2,(H,20,23). The number of nitrogens with zero attached hydrogens (tertiary/aromatic N) is 1. The van der Waals surface area contributed by atoms with Gasteiger partial charge in [0.2, 0.25) is 0 Å². The third kappa shape index (κ3) is 2.54. The summed E-state index contributed by atoms with van der Waals surface area (Å²) in [6.07, 6.45) is 0.830. The first-order valence-corrected chi connectivity index (χ1v) is 7.60. The molecule has 0 radical (unpaired) electrons. The molecule has 1 aliphatic heterocycles. The Kier molecular flexibility index (Phi) is 3.26. The minimum absolute atomic E-state index is 0.166. The van der Waals surface area contributed by atoms with Crippen molar-refractivity contribution in [3.05, 3.63) is 65.6 Å². The van der Waals surface area contributed by atoms with Gasteiger partial charge in [-0.15, -0.1) is 0 Å². The minimum atomic E-state index is -0.316. The molecule has 0 atom stereocenters. The Morgan fingerprint density at radius 2 is 1.91 bits per heavy atom. The van der Waals surface area contributed by atoms with Gasteiger partial charge in [-0.05, 0) is 42.3 Å². The van der Waals surface area contributed by atoms with Crippen LogP contribution in [0.25, 0.3) is 10.9 Å². The van der Waals surface area contributed by atoms with Crippen molar-refractivity contribution >= 4 is 22.6 Å². The molecule has 0 aliphatic carbocycles. The maximum atomic E-state index is 12.9. The van der Waals surface area contributed by atoms with Gasteiger partial charge >= 0.3 is 6.03 Å². The van der Waals surface area contributed by atoms with Crippen molar-refractivity contribution in [2.24, 2.45) is 0 Å². The SMILES string of the molecule is O=C(Nc1ccc(F)cc1)N1CCc2c([nH]c3ccccc23)C1. The molecular weight excluding hydrogens is 293 g/mol. The number of nitrogens with one attached hydrogen (secondary N) is 2. The number of carbonyl (C=O) groups is 1. The van der Waals surface area contributed by atoms with Crippen molar-refractivity contribution in [1.29, 1.82) is 0 Å². The van der Waals surface area contributed by atoms with E-state index in [-0.39, 0.29) is 11.8 Å². The molecule has 5 heteroatoms. The summed E-state index contributed by atoms with van der Waals surface area (Å²) in [6.45, 7) is 1.22. The number of benzene rings is 2. The van der Waals surface area contributed by atoms with Crippen LogP contribution in [0.4, 0.5) is 14.9 Å². The van der Waals surface area contributed by atoms with Gasteiger partial charge in [0.15, 0.2) is 0 Å². The van der Waals surface area contributed by atoms with Crippen LogP contribution in [0.3, 0.4) is 0 Å². The van der Waals surface area contributed by atoms with Gasteiger partial charge in [-0.1, -0.05) is 18.2 Å². The highest BCUT2D eigenvalue weighted by Crippen LogP contribution is 2.27. The third-order valence-electron chi connectivity index (χ3n) is 4.27. The normalized spacial score (nSPS) is 13.9. The number of fused-ring (bicyclic) bond motifs is 3. The van der Waals surface area contributed by atoms with Crippen LogP contribution < -0.4 is 5.32 Å². The molecule has 0 saturated carbocycles. The highest BCUT2D eigenvalue weighted by Gasteiger charge is 2.23. The second kappa shape index (κ2) is 5.43. The summed E-state index contributed by atoms with van der Waals surface area (Å²) in [5.41, 5.74) is 4.09. The van der Waals surface area contributed by atoms with Gasteiger partial charge < -0.3 is 15.2 Å². The van der Waals surface area contributed by atoms with Gasteiger partial charge in [-0.25, -0.2) is 9.18 Å². The van der Waals surface area contributed by atoms with E-state index in [2.05, 4.69) is 22.4 Å². The summed E-state index contributed by atoms with van der Waals surface area (Å²) in [7, 11) is 0. The largest absolute Gasteiger partial charge is 0.357 e. The Labute approximate surface area is 132 Å². The van der Waals surface area contributed by atoms with Gasteiger partial charge in [-0.2, -0.15) is 0 Å². The number of hydrogen-bond donors (Lipinski definition) is 2. The summed E-state index contributed by atoms with van der Waals surface area (Å²) < 4.78 is 12.9. The van der Waals surface area contributed by atoms with Crippen molar-refractivity contribution < 1.29 is 9.18 Å². The number of para-hydroxylation sites is 1. The summed E-state index contributed by atoms with van der Waals surface area (Å²) in [4.78, 5) is 17.6. The van der Waals surface area contributed by atoms with Crippen molar-refractivity contribution in [2.75, 3.05) is 11.9 Å². The average molecular weight is 309 g/mol. The number of hydrogen-bond acceptors (Lipinski definition) is 1. The molecule has 3 aromatic rings. The second-order valence-electron chi connectivity index (χ2n) is 5.74. The van der Waals surface area contributed by atoms with Crippen LogP contribution in [-0.4, -0.2) is 22.5 Å². The zero-order valence-electron chi connectivity index (χ0n) is 12.5. The van der Waals surface area contributed by atoms with E-state index in [0.717, 1.165) is 17.6 Å². The van der Waals surface area contributed by atoms with Crippen LogP contribution in [0.15, 0.2) is 48.5 Å². The number of amides is 2. The fourth-order valence-electron chi connectivity index (χ4n) is 3.10. The number of halogens is 1. The Morgan fingerprint density at radius 1 is 1.13 bits per heavy atom. The molecule has 2 amide bonds. The maximum Gasteiger partial charge on any atom is 0.322 e. The van der Waals surface area contributed by atoms with E-state index in [1.54, 1.807) is 17.0 Å². The van der Waals surface area contributed by atoms with Gasteiger partial charge in [0.05, 0.1) is 6.54 Å². The van der Waals surface area contributed by atoms with Gasteiger partial charge in [-0.3, -0.25) is 0 Å². The quantitative estimate of drug-likeness (QED) is 0.704. The molecule has 0 saturated heterocycles. The average Bonchev–Trinajstić information content (AvgIpc) is 2.94. The van der Waals surface area contributed by atoms with E-state index in [4.69, 9.17) is 0 Å². The lowest BCUT2D eigenvalue weighted by Crippen LogP contribution is -2.38. The molecule has 1 aliphatic rings. The van der Waals surface area contributed by atoms with E-state index in [9.17, 15) is 9.18 Å². The van der Waals surface area contributed by atoms with E-state index >= 15 is 0 Å². The van der Waals surface area contributed by atoms with Crippen LogP contribution in [0.5, 0.6) is 0 Å². The number of aromatic nitrogens is 1. The maximum absolute atomic E-state index is 12.9. The highest BCUT2D eigenvalue weighted by molar-refractivity contribution is 5.90. The predicted molar refractivity (Wildman–Crippen MR) is 87.8 cm³/mol. The molecule has 2 aromatic carbocycles. The Hall–Kier alpha value is -2.82. The molecule has 116 valence electrons. The van der Waals surface area contributed by atoms with E-state index in [0.29, 0.717) is 18.8 Å². The molecular formula is C18H16FN3O. The highest BCUT2D eigenvalue weighted by atomic mass is 19.1. The van der Waals surface area contributed by atoms with Crippen molar-refractivity contribution in [3.8, 4) is 0 Å². The lowest BCUT2D eigenvalue weighted by atomic mass is 10.0. The molecule has 2 heterocycles. The molecule has 23 heavy (non-hydrogen) atoms. The first-order valence-electron chi connectivity index (χ1n) is 7.60. The lowest BCUT2D eigenvalue weighted by Gasteiger charge is -2.27. The topological polar surface area (TPSA) is 48.1 Å². The second-order valence-corrected chi connectivity index (χ2v) is 5.74. The number of carbonyl (C=O) groups excluding carboxylic acids is 1. The van der Waals surface area contributed by atoms with Crippen molar-refractivity contribution in [1.82, 2.24) is 9.88 Å². The zero-order chi connectivity index (χ0) is 15.8. The number of rotatable bonds is 1.